The Bertz CT molecular complexity index is 299. The lowest BCUT2D eigenvalue weighted by Crippen LogP contribution is -2.02. The van der Waals surface area contributed by atoms with Gasteiger partial charge in [-0.15, -0.1) is 0 Å². The van der Waals surface area contributed by atoms with Gasteiger partial charge in [-0.05, 0) is 25.0 Å². The molecule has 0 radical (unpaired) electrons. The van der Waals surface area contributed by atoms with E-state index in [2.05, 4.69) is 13.8 Å². The van der Waals surface area contributed by atoms with Crippen LogP contribution in [-0.2, 0) is 11.2 Å². The van der Waals surface area contributed by atoms with Crippen LogP contribution in [0.1, 0.15) is 37.1 Å². The maximum absolute atomic E-state index is 11.2. The molecule has 0 fully saturated rings. The fourth-order valence-corrected chi connectivity index (χ4v) is 1.20. The Labute approximate surface area is 84.1 Å². The molecule has 0 bridgehead atoms. The van der Waals surface area contributed by atoms with Crippen molar-refractivity contribution in [1.82, 2.24) is 0 Å². The summed E-state index contributed by atoms with van der Waals surface area (Å²) in [4.78, 5) is 11.2. The molecular formula is C11H16O3. The van der Waals surface area contributed by atoms with E-state index in [1.807, 2.05) is 6.07 Å². The van der Waals surface area contributed by atoms with Crippen molar-refractivity contribution in [3.63, 3.8) is 0 Å². The SMILES string of the molecule is CCOC(=O)c1ccc(CC(C)C)o1. The standard InChI is InChI=1S/C11H16O3/c1-4-13-11(12)10-6-5-9(14-10)7-8(2)3/h5-6,8H,4,7H2,1-3H3. The molecule has 0 saturated carbocycles. The molecule has 0 N–H and O–H groups in total. The Hall–Kier alpha value is -1.25. The topological polar surface area (TPSA) is 39.4 Å². The molecule has 1 heterocycles. The third-order valence-corrected chi connectivity index (χ3v) is 1.75. The maximum Gasteiger partial charge on any atom is 0.374 e. The van der Waals surface area contributed by atoms with Crippen LogP contribution in [-0.4, -0.2) is 12.6 Å². The molecule has 0 aromatic carbocycles. The first kappa shape index (κ1) is 10.8. The Kier molecular flexibility index (Phi) is 3.74. The van der Waals surface area contributed by atoms with Crippen molar-refractivity contribution in [3.8, 4) is 0 Å². The van der Waals surface area contributed by atoms with Crippen molar-refractivity contribution in [2.75, 3.05) is 6.61 Å². The minimum absolute atomic E-state index is 0.294. The van der Waals surface area contributed by atoms with Crippen LogP contribution in [0.4, 0.5) is 0 Å². The van der Waals surface area contributed by atoms with Gasteiger partial charge in [-0.2, -0.15) is 0 Å². The highest BCUT2D eigenvalue weighted by Gasteiger charge is 2.12. The number of hydrogen-bond donors (Lipinski definition) is 0. The normalized spacial score (nSPS) is 10.6. The van der Waals surface area contributed by atoms with Gasteiger partial charge in [-0.3, -0.25) is 0 Å². The third-order valence-electron chi connectivity index (χ3n) is 1.75. The molecule has 1 aromatic rings. The summed E-state index contributed by atoms with van der Waals surface area (Å²) in [7, 11) is 0. The molecule has 0 spiro atoms. The van der Waals surface area contributed by atoms with Crippen LogP contribution in [0.15, 0.2) is 16.5 Å². The molecular weight excluding hydrogens is 180 g/mol. The van der Waals surface area contributed by atoms with Crippen LogP contribution in [0, 0.1) is 5.92 Å². The fourth-order valence-electron chi connectivity index (χ4n) is 1.20. The molecule has 14 heavy (non-hydrogen) atoms. The first-order valence-corrected chi connectivity index (χ1v) is 4.89. The number of rotatable bonds is 4. The molecule has 0 saturated heterocycles. The average Bonchev–Trinajstić information content (AvgIpc) is 2.52. The second kappa shape index (κ2) is 4.84. The summed E-state index contributed by atoms with van der Waals surface area (Å²) in [5.74, 6) is 1.27. The van der Waals surface area contributed by atoms with Crippen LogP contribution in [0.5, 0.6) is 0 Å². The number of furan rings is 1. The molecule has 0 atom stereocenters. The second-order valence-corrected chi connectivity index (χ2v) is 3.58. The maximum atomic E-state index is 11.2. The van der Waals surface area contributed by atoms with Gasteiger partial charge in [0.05, 0.1) is 6.61 Å². The highest BCUT2D eigenvalue weighted by molar-refractivity contribution is 5.86. The van der Waals surface area contributed by atoms with Crippen molar-refractivity contribution in [2.24, 2.45) is 5.92 Å². The number of ether oxygens (including phenoxy) is 1. The largest absolute Gasteiger partial charge is 0.460 e. The summed E-state index contributed by atoms with van der Waals surface area (Å²) in [5.41, 5.74) is 0. The van der Waals surface area contributed by atoms with Gasteiger partial charge in [0, 0.05) is 6.42 Å². The minimum atomic E-state index is -0.387. The van der Waals surface area contributed by atoms with Gasteiger partial charge in [0.25, 0.3) is 0 Å². The number of carbonyl (C=O) groups excluding carboxylic acids is 1. The van der Waals surface area contributed by atoms with Gasteiger partial charge in [-0.25, -0.2) is 4.79 Å². The molecule has 3 nitrogen and oxygen atoms in total. The van der Waals surface area contributed by atoms with Crippen LogP contribution >= 0.6 is 0 Å². The van der Waals surface area contributed by atoms with Gasteiger partial charge in [-0.1, -0.05) is 13.8 Å². The summed E-state index contributed by atoms with van der Waals surface area (Å²) >= 11 is 0. The smallest absolute Gasteiger partial charge is 0.374 e. The Morgan fingerprint density at radius 3 is 2.79 bits per heavy atom. The van der Waals surface area contributed by atoms with E-state index in [1.54, 1.807) is 13.0 Å². The molecule has 78 valence electrons. The molecule has 1 aromatic heterocycles. The van der Waals surface area contributed by atoms with Crippen LogP contribution in [0.2, 0.25) is 0 Å². The zero-order valence-electron chi connectivity index (χ0n) is 8.87. The third kappa shape index (κ3) is 2.91. The van der Waals surface area contributed by atoms with Crippen LogP contribution < -0.4 is 0 Å². The van der Waals surface area contributed by atoms with E-state index in [-0.39, 0.29) is 5.97 Å². The van der Waals surface area contributed by atoms with Crippen molar-refractivity contribution in [1.29, 1.82) is 0 Å². The minimum Gasteiger partial charge on any atom is -0.460 e. The van der Waals surface area contributed by atoms with E-state index in [1.165, 1.54) is 0 Å². The van der Waals surface area contributed by atoms with Gasteiger partial charge < -0.3 is 9.15 Å². The molecule has 0 aliphatic rings. The van der Waals surface area contributed by atoms with Gasteiger partial charge >= 0.3 is 5.97 Å². The lowest BCUT2D eigenvalue weighted by atomic mass is 10.1. The van der Waals surface area contributed by atoms with Crippen molar-refractivity contribution in [2.45, 2.75) is 27.2 Å². The lowest BCUT2D eigenvalue weighted by molar-refractivity contribution is 0.0487. The predicted molar refractivity (Wildman–Crippen MR) is 53.2 cm³/mol. The summed E-state index contributed by atoms with van der Waals surface area (Å²) < 4.78 is 10.1. The number of hydrogen-bond acceptors (Lipinski definition) is 3. The molecule has 0 aliphatic carbocycles. The van der Waals surface area contributed by atoms with Crippen molar-refractivity contribution in [3.05, 3.63) is 23.7 Å². The molecule has 3 heteroatoms. The summed E-state index contributed by atoms with van der Waals surface area (Å²) in [6, 6.07) is 3.49. The predicted octanol–water partition coefficient (Wildman–Crippen LogP) is 2.65. The van der Waals surface area contributed by atoms with Crippen molar-refractivity contribution < 1.29 is 13.9 Å². The quantitative estimate of drug-likeness (QED) is 0.695. The summed E-state index contributed by atoms with van der Waals surface area (Å²) in [6.45, 7) is 6.36. The van der Waals surface area contributed by atoms with Gasteiger partial charge in [0.1, 0.15) is 5.76 Å². The first-order valence-electron chi connectivity index (χ1n) is 4.89. The zero-order valence-corrected chi connectivity index (χ0v) is 8.87. The Morgan fingerprint density at radius 2 is 2.21 bits per heavy atom. The van der Waals surface area contributed by atoms with Crippen LogP contribution in [0.25, 0.3) is 0 Å². The molecule has 0 unspecified atom stereocenters. The van der Waals surface area contributed by atoms with E-state index in [9.17, 15) is 4.79 Å². The monoisotopic (exact) mass is 196 g/mol. The van der Waals surface area contributed by atoms with E-state index >= 15 is 0 Å². The van der Waals surface area contributed by atoms with E-state index < -0.39 is 0 Å². The Morgan fingerprint density at radius 1 is 1.50 bits per heavy atom. The van der Waals surface area contributed by atoms with E-state index in [0.29, 0.717) is 18.3 Å². The Balaban J connectivity index is 2.63. The molecule has 1 rings (SSSR count). The fraction of sp³-hybridized carbons (Fsp3) is 0.545. The zero-order chi connectivity index (χ0) is 10.6. The van der Waals surface area contributed by atoms with E-state index in [4.69, 9.17) is 9.15 Å². The van der Waals surface area contributed by atoms with Gasteiger partial charge in [0.2, 0.25) is 5.76 Å². The molecule has 0 amide bonds. The second-order valence-electron chi connectivity index (χ2n) is 3.58. The highest BCUT2D eigenvalue weighted by atomic mass is 16.5. The highest BCUT2D eigenvalue weighted by Crippen LogP contribution is 2.13. The average molecular weight is 196 g/mol. The lowest BCUT2D eigenvalue weighted by Gasteiger charge is -2.00. The molecule has 0 aliphatic heterocycles. The number of esters is 1. The van der Waals surface area contributed by atoms with Gasteiger partial charge in [0.15, 0.2) is 0 Å². The van der Waals surface area contributed by atoms with Crippen LogP contribution in [0.3, 0.4) is 0 Å². The van der Waals surface area contributed by atoms with Crippen molar-refractivity contribution >= 4 is 5.97 Å². The first-order chi connectivity index (χ1) is 6.63. The van der Waals surface area contributed by atoms with E-state index in [0.717, 1.165) is 12.2 Å². The summed E-state index contributed by atoms with van der Waals surface area (Å²) in [5, 5.41) is 0. The summed E-state index contributed by atoms with van der Waals surface area (Å²) in [6.07, 6.45) is 0.847. The number of carbonyl (C=O) groups is 1.